The number of phenols is 1. The van der Waals surface area contributed by atoms with Crippen LogP contribution < -0.4 is 0 Å². The van der Waals surface area contributed by atoms with Gasteiger partial charge in [-0.2, -0.15) is 0 Å². The first-order valence-electron chi connectivity index (χ1n) is 25.0. The second-order valence-electron chi connectivity index (χ2n) is 20.6. The smallest absolute Gasteiger partial charge is 0.148 e. The van der Waals surface area contributed by atoms with Gasteiger partial charge in [0.2, 0.25) is 0 Å². The number of aromatic hydroxyl groups is 1. The number of rotatable bonds is 9. The molecule has 4 nitrogen and oxygen atoms in total. The van der Waals surface area contributed by atoms with Crippen molar-refractivity contribution in [3.63, 3.8) is 0 Å². The van der Waals surface area contributed by atoms with E-state index in [1.54, 1.807) is 0 Å². The summed E-state index contributed by atoms with van der Waals surface area (Å²) in [5.74, 6) is 0.817. The van der Waals surface area contributed by atoms with E-state index in [0.717, 1.165) is 72.4 Å². The van der Waals surface area contributed by atoms with Gasteiger partial charge in [-0.25, -0.2) is 4.98 Å². The molecule has 0 aliphatic rings. The third-order valence-corrected chi connectivity index (χ3v) is 13.1. The van der Waals surface area contributed by atoms with Crippen LogP contribution in [0.4, 0.5) is 0 Å². The maximum atomic E-state index is 12.5. The van der Waals surface area contributed by atoms with Gasteiger partial charge in [-0.05, 0) is 110 Å². The van der Waals surface area contributed by atoms with Gasteiger partial charge in [0.25, 0.3) is 0 Å². The molecule has 5 heteroatoms. The first kappa shape index (κ1) is 44.2. The normalized spacial score (nSPS) is 12.8. The molecule has 9 rings (SSSR count). The molecule has 68 heavy (non-hydrogen) atoms. The third-order valence-electron chi connectivity index (χ3n) is 13.1. The predicted molar refractivity (Wildman–Crippen MR) is 282 cm³/mol. The van der Waals surface area contributed by atoms with Crippen molar-refractivity contribution in [2.75, 3.05) is 0 Å². The molecule has 0 aliphatic heterocycles. The Hall–Kier alpha value is -6.35. The number of nitrogens with zero attached hydrogens (tertiary/aromatic N) is 3. The largest absolute Gasteiger partial charge is 0.507 e. The van der Waals surface area contributed by atoms with E-state index in [0.29, 0.717) is 28.2 Å². The number of pyridine rings is 1. The number of phenolic OH excluding ortho intramolecular Hbond substituents is 1. The molecule has 7 aromatic carbocycles. The Morgan fingerprint density at radius 3 is 1.85 bits per heavy atom. The van der Waals surface area contributed by atoms with Crippen molar-refractivity contribution < 1.29 is 30.3 Å². The molecule has 2 aromatic heterocycles. The van der Waals surface area contributed by atoms with Crippen LogP contribution >= 0.6 is 0 Å². The van der Waals surface area contributed by atoms with Crippen molar-refractivity contribution in [1.82, 2.24) is 14.5 Å². The first-order chi connectivity index (χ1) is 33.2. The van der Waals surface area contributed by atoms with Crippen LogP contribution in [-0.2, 0) is 31.9 Å². The molecular weight excluding hydrogens is 1010 g/mol. The third kappa shape index (κ3) is 9.41. The van der Waals surface area contributed by atoms with Crippen LogP contribution in [0.5, 0.6) is 5.75 Å². The van der Waals surface area contributed by atoms with Crippen LogP contribution in [-0.4, -0.2) is 19.6 Å². The molecule has 346 valence electrons. The van der Waals surface area contributed by atoms with Crippen molar-refractivity contribution in [3.8, 4) is 78.6 Å². The number of fused-ring (bicyclic) bond motifs is 1. The predicted octanol–water partition coefficient (Wildman–Crippen LogP) is 17.1. The van der Waals surface area contributed by atoms with Gasteiger partial charge in [0.15, 0.2) is 0 Å². The molecule has 0 saturated carbocycles. The van der Waals surface area contributed by atoms with E-state index in [4.69, 9.17) is 14.1 Å². The van der Waals surface area contributed by atoms with E-state index in [1.165, 1.54) is 5.56 Å². The second kappa shape index (κ2) is 19.0. The first-order valence-corrected chi connectivity index (χ1v) is 23.5. The summed E-state index contributed by atoms with van der Waals surface area (Å²) in [5.41, 5.74) is 15.5. The van der Waals surface area contributed by atoms with Crippen molar-refractivity contribution in [3.05, 3.63) is 192 Å². The Labute approximate surface area is 422 Å². The van der Waals surface area contributed by atoms with E-state index in [-0.39, 0.29) is 55.0 Å². The molecule has 0 unspecified atom stereocenters. The number of para-hydroxylation sites is 1. The fraction of sp³-hybridized carbons (Fsp3) is 0.238. The van der Waals surface area contributed by atoms with Gasteiger partial charge in [0, 0.05) is 42.6 Å². The number of hydrogen-bond acceptors (Lipinski definition) is 3. The van der Waals surface area contributed by atoms with Crippen molar-refractivity contribution >= 4 is 11.0 Å². The molecule has 0 amide bonds. The van der Waals surface area contributed by atoms with Crippen LogP contribution in [0.1, 0.15) is 113 Å². The fourth-order valence-corrected chi connectivity index (χ4v) is 9.05. The molecule has 0 aliphatic carbocycles. The number of benzene rings is 7. The zero-order valence-corrected chi connectivity index (χ0v) is 43.0. The molecule has 0 atom stereocenters. The average Bonchev–Trinajstić information content (AvgIpc) is 3.72. The van der Waals surface area contributed by atoms with Crippen LogP contribution in [0.15, 0.2) is 158 Å². The Morgan fingerprint density at radius 2 is 1.22 bits per heavy atom. The molecular formula is C63H62N3OPt-. The second-order valence-corrected chi connectivity index (χ2v) is 20.6. The van der Waals surface area contributed by atoms with Crippen molar-refractivity contribution in [2.45, 2.75) is 98.8 Å². The van der Waals surface area contributed by atoms with Gasteiger partial charge >= 0.3 is 0 Å². The summed E-state index contributed by atoms with van der Waals surface area (Å²) in [6.45, 7) is 19.3. The maximum absolute atomic E-state index is 12.5. The number of aromatic nitrogens is 3. The van der Waals surface area contributed by atoms with E-state index in [2.05, 4.69) is 153 Å². The van der Waals surface area contributed by atoms with Crippen LogP contribution in [0.3, 0.4) is 0 Å². The summed E-state index contributed by atoms with van der Waals surface area (Å²) >= 11 is 0. The maximum Gasteiger partial charge on any atom is 0.148 e. The van der Waals surface area contributed by atoms with Gasteiger partial charge in [-0.1, -0.05) is 190 Å². The van der Waals surface area contributed by atoms with Gasteiger partial charge < -0.3 is 5.11 Å². The average molecular weight is 1080 g/mol. The van der Waals surface area contributed by atoms with Gasteiger partial charge in [0.1, 0.15) is 11.6 Å². The molecule has 1 N–H and O–H groups in total. The molecule has 0 fully saturated rings. The van der Waals surface area contributed by atoms with Gasteiger partial charge in [0.05, 0.1) is 22.3 Å². The Morgan fingerprint density at radius 1 is 0.574 bits per heavy atom. The number of imidazole rings is 1. The SMILES string of the molecule is [2H]C([2H])([2H])c1cc(-n2c(-c3cc(C(C)C)cc(C(C)C)c3O)nc3c(-c4[c-]c(-c5cc(-c6ccccc6)ccn5)cc(C(C)(C)C)c4)cccc32)c(-c2ccc(C(C)(C)C)cc2)cc1-c1ccccc1.[Pt]. The molecule has 2 heterocycles. The van der Waals surface area contributed by atoms with E-state index >= 15 is 0 Å². The van der Waals surface area contributed by atoms with Crippen molar-refractivity contribution in [2.24, 2.45) is 0 Å². The zero-order valence-electron chi connectivity index (χ0n) is 43.8. The fourth-order valence-electron chi connectivity index (χ4n) is 9.05. The van der Waals surface area contributed by atoms with Crippen LogP contribution in [0, 0.1) is 12.9 Å². The Kier molecular flexibility index (Phi) is 12.3. The monoisotopic (exact) mass is 1070 g/mol. The molecule has 9 aromatic rings. The molecule has 0 spiro atoms. The number of hydrogen-bond donors (Lipinski definition) is 1. The summed E-state index contributed by atoms with van der Waals surface area (Å²) in [5, 5.41) is 12.5. The van der Waals surface area contributed by atoms with E-state index in [9.17, 15) is 5.11 Å². The summed E-state index contributed by atoms with van der Waals surface area (Å²) in [7, 11) is 0. The number of aryl methyl sites for hydroxylation is 1. The quantitative estimate of drug-likeness (QED) is 0.147. The standard InChI is InChI=1S/C63H62N3O.Pt/c1-39(2)46-35-52(40(3)4)60(67)55(36-46)61-65-59-51(47-32-48(34-50(33-47)63(9,10)11)56-37-45(29-30-64-56)42-19-14-12-15-20-42)23-18-24-57(59)66(61)58-31-41(5)53(43-21-16-13-17-22-43)38-54(58)44-25-27-49(28-26-44)62(6,7)8;/h12-31,33-40,67H,1-11H3;/q-1;/i5D3;. The van der Waals surface area contributed by atoms with Crippen molar-refractivity contribution in [1.29, 1.82) is 0 Å². The minimum absolute atomic E-state index is 0. The minimum Gasteiger partial charge on any atom is -0.507 e. The summed E-state index contributed by atoms with van der Waals surface area (Å²) < 4.78 is 29.2. The summed E-state index contributed by atoms with van der Waals surface area (Å²) in [6.07, 6.45) is 1.86. The van der Waals surface area contributed by atoms with E-state index in [1.807, 2.05) is 85.1 Å². The summed E-state index contributed by atoms with van der Waals surface area (Å²) in [6, 6.07) is 55.2. The van der Waals surface area contributed by atoms with Gasteiger partial charge in [-0.3, -0.25) is 9.55 Å². The van der Waals surface area contributed by atoms with Gasteiger partial charge in [-0.15, -0.1) is 29.3 Å². The van der Waals surface area contributed by atoms with Crippen LogP contribution in [0.2, 0.25) is 0 Å². The van der Waals surface area contributed by atoms with Crippen LogP contribution in [0.25, 0.3) is 83.9 Å². The molecule has 0 bridgehead atoms. The molecule has 0 radical (unpaired) electrons. The topological polar surface area (TPSA) is 50.9 Å². The zero-order chi connectivity index (χ0) is 49.9. The minimum atomic E-state index is -2.48. The Bertz CT molecular complexity index is 3380. The molecule has 0 saturated heterocycles. The van der Waals surface area contributed by atoms with E-state index < -0.39 is 6.85 Å². The Balaban J connectivity index is 0.00000676. The summed E-state index contributed by atoms with van der Waals surface area (Å²) in [4.78, 5) is 10.5.